The number of hydrogen-bond acceptors (Lipinski definition) is 3. The van der Waals surface area contributed by atoms with Gasteiger partial charge in [0.1, 0.15) is 0 Å². The Bertz CT molecular complexity index is 354. The first-order chi connectivity index (χ1) is 8.20. The van der Waals surface area contributed by atoms with Crippen LogP contribution < -0.4 is 5.73 Å². The van der Waals surface area contributed by atoms with Crippen molar-refractivity contribution in [3.05, 3.63) is 35.9 Å². The number of hydrogen-bond donors (Lipinski definition) is 1. The van der Waals surface area contributed by atoms with Gasteiger partial charge in [0.15, 0.2) is 0 Å². The Hall–Kier alpha value is -0.630. The van der Waals surface area contributed by atoms with Gasteiger partial charge in [-0.15, -0.1) is 0 Å². The molecule has 0 aliphatic rings. The first-order valence-corrected chi connectivity index (χ1v) is 8.16. The van der Waals surface area contributed by atoms with Gasteiger partial charge in [0.2, 0.25) is 7.37 Å². The van der Waals surface area contributed by atoms with E-state index >= 15 is 0 Å². The summed E-state index contributed by atoms with van der Waals surface area (Å²) in [6.45, 7) is 2.97. The van der Waals surface area contributed by atoms with Crippen LogP contribution in [0.15, 0.2) is 30.3 Å². The van der Waals surface area contributed by atoms with Crippen LogP contribution in [0.25, 0.3) is 0 Å². The van der Waals surface area contributed by atoms with Crippen LogP contribution in [0.4, 0.5) is 0 Å². The van der Waals surface area contributed by atoms with E-state index in [1.807, 2.05) is 25.1 Å². The fourth-order valence-electron chi connectivity index (χ4n) is 1.75. The molecule has 1 aromatic rings. The van der Waals surface area contributed by atoms with E-state index in [1.54, 1.807) is 0 Å². The standard InChI is InChI=1S/C13H22NO2P/c1-2-16-17(15,11-6-10-14)12-9-13-7-4-3-5-8-13/h3-5,7-8H,2,6,9-12,14H2,1H3. The van der Waals surface area contributed by atoms with E-state index in [0.717, 1.165) is 12.8 Å². The van der Waals surface area contributed by atoms with E-state index in [9.17, 15) is 4.57 Å². The maximum atomic E-state index is 12.5. The average molecular weight is 255 g/mol. The summed E-state index contributed by atoms with van der Waals surface area (Å²) >= 11 is 0. The molecule has 3 nitrogen and oxygen atoms in total. The summed E-state index contributed by atoms with van der Waals surface area (Å²) < 4.78 is 17.9. The van der Waals surface area contributed by atoms with Crippen LogP contribution in [0.2, 0.25) is 0 Å². The van der Waals surface area contributed by atoms with Crippen molar-refractivity contribution in [3.8, 4) is 0 Å². The van der Waals surface area contributed by atoms with Crippen molar-refractivity contribution in [1.29, 1.82) is 0 Å². The zero-order chi connectivity index (χ0) is 12.6. The molecule has 0 saturated heterocycles. The van der Waals surface area contributed by atoms with Gasteiger partial charge in [-0.3, -0.25) is 4.57 Å². The van der Waals surface area contributed by atoms with Crippen LogP contribution >= 0.6 is 7.37 Å². The summed E-state index contributed by atoms with van der Waals surface area (Å²) in [5.41, 5.74) is 6.67. The largest absolute Gasteiger partial charge is 0.330 e. The molecular weight excluding hydrogens is 233 g/mol. The molecule has 0 radical (unpaired) electrons. The molecule has 4 heteroatoms. The second-order valence-corrected chi connectivity index (χ2v) is 6.84. The number of benzene rings is 1. The smallest absolute Gasteiger partial charge is 0.203 e. The second kappa shape index (κ2) is 7.65. The van der Waals surface area contributed by atoms with E-state index in [1.165, 1.54) is 5.56 Å². The highest BCUT2D eigenvalue weighted by atomic mass is 31.2. The SMILES string of the molecule is CCOP(=O)(CCCN)CCc1ccccc1. The molecule has 96 valence electrons. The molecule has 0 aliphatic heterocycles. The molecule has 0 aliphatic carbocycles. The van der Waals surface area contributed by atoms with E-state index in [0.29, 0.717) is 25.5 Å². The molecule has 0 amide bonds. The summed E-state index contributed by atoms with van der Waals surface area (Å²) in [6, 6.07) is 10.1. The monoisotopic (exact) mass is 255 g/mol. The summed E-state index contributed by atoms with van der Waals surface area (Å²) in [5.74, 6) is 0. The van der Waals surface area contributed by atoms with E-state index in [-0.39, 0.29) is 0 Å². The Morgan fingerprint density at radius 1 is 1.24 bits per heavy atom. The van der Waals surface area contributed by atoms with Crippen LogP contribution in [-0.2, 0) is 15.5 Å². The van der Waals surface area contributed by atoms with Gasteiger partial charge in [-0.05, 0) is 31.9 Å². The molecule has 0 saturated carbocycles. The maximum absolute atomic E-state index is 12.5. The van der Waals surface area contributed by atoms with Gasteiger partial charge in [-0.1, -0.05) is 30.3 Å². The summed E-state index contributed by atoms with van der Waals surface area (Å²) in [4.78, 5) is 0. The van der Waals surface area contributed by atoms with Crippen LogP contribution in [0, 0.1) is 0 Å². The van der Waals surface area contributed by atoms with Crippen molar-refractivity contribution in [3.63, 3.8) is 0 Å². The number of nitrogens with two attached hydrogens (primary N) is 1. The van der Waals surface area contributed by atoms with Gasteiger partial charge >= 0.3 is 0 Å². The minimum absolute atomic E-state index is 0.511. The molecule has 0 heterocycles. The molecule has 1 atom stereocenters. The third-order valence-corrected chi connectivity index (χ3v) is 5.28. The molecule has 2 N–H and O–H groups in total. The zero-order valence-electron chi connectivity index (χ0n) is 10.5. The van der Waals surface area contributed by atoms with Crippen molar-refractivity contribution in [1.82, 2.24) is 0 Å². The van der Waals surface area contributed by atoms with Gasteiger partial charge in [0.05, 0.1) is 6.61 Å². The molecule has 0 spiro atoms. The molecule has 1 aromatic carbocycles. The van der Waals surface area contributed by atoms with Crippen molar-refractivity contribution < 1.29 is 9.09 Å². The highest BCUT2D eigenvalue weighted by Gasteiger charge is 2.21. The summed E-state index contributed by atoms with van der Waals surface area (Å²) in [7, 11) is -2.48. The fraction of sp³-hybridized carbons (Fsp3) is 0.538. The van der Waals surface area contributed by atoms with Crippen LogP contribution in [0.1, 0.15) is 18.9 Å². The lowest BCUT2D eigenvalue weighted by Gasteiger charge is -2.17. The molecule has 0 aromatic heterocycles. The maximum Gasteiger partial charge on any atom is 0.203 e. The quantitative estimate of drug-likeness (QED) is 0.727. The van der Waals surface area contributed by atoms with Gasteiger partial charge in [-0.25, -0.2) is 0 Å². The number of aryl methyl sites for hydroxylation is 1. The summed E-state index contributed by atoms with van der Waals surface area (Å²) in [6.07, 6.45) is 2.80. The normalized spacial score (nSPS) is 14.5. The van der Waals surface area contributed by atoms with Crippen molar-refractivity contribution in [2.75, 3.05) is 25.5 Å². The van der Waals surface area contributed by atoms with Gasteiger partial charge < -0.3 is 10.3 Å². The van der Waals surface area contributed by atoms with E-state index in [2.05, 4.69) is 12.1 Å². The average Bonchev–Trinajstić information content (AvgIpc) is 2.36. The predicted octanol–water partition coefficient (Wildman–Crippen LogP) is 2.89. The Morgan fingerprint density at radius 3 is 2.53 bits per heavy atom. The number of rotatable bonds is 8. The van der Waals surface area contributed by atoms with Gasteiger partial charge in [0.25, 0.3) is 0 Å². The van der Waals surface area contributed by atoms with Crippen LogP contribution in [-0.4, -0.2) is 25.5 Å². The first kappa shape index (κ1) is 14.4. The lowest BCUT2D eigenvalue weighted by atomic mass is 10.2. The molecule has 0 fully saturated rings. The Labute approximate surface area is 104 Å². The molecule has 1 rings (SSSR count). The molecular formula is C13H22NO2P. The zero-order valence-corrected chi connectivity index (χ0v) is 11.4. The topological polar surface area (TPSA) is 52.3 Å². The van der Waals surface area contributed by atoms with Crippen molar-refractivity contribution >= 4 is 7.37 Å². The predicted molar refractivity (Wildman–Crippen MR) is 72.8 cm³/mol. The van der Waals surface area contributed by atoms with Crippen molar-refractivity contribution in [2.45, 2.75) is 19.8 Å². The lowest BCUT2D eigenvalue weighted by Crippen LogP contribution is -2.07. The third kappa shape index (κ3) is 5.49. The second-order valence-electron chi connectivity index (χ2n) is 4.06. The molecule has 1 unspecified atom stereocenters. The highest BCUT2D eigenvalue weighted by Crippen LogP contribution is 2.47. The van der Waals surface area contributed by atoms with E-state index < -0.39 is 7.37 Å². The van der Waals surface area contributed by atoms with Crippen LogP contribution in [0.5, 0.6) is 0 Å². The first-order valence-electron chi connectivity index (χ1n) is 6.17. The third-order valence-electron chi connectivity index (χ3n) is 2.65. The fourth-order valence-corrected chi connectivity index (χ4v) is 3.97. The minimum Gasteiger partial charge on any atom is -0.330 e. The Kier molecular flexibility index (Phi) is 6.49. The van der Waals surface area contributed by atoms with Gasteiger partial charge in [-0.2, -0.15) is 0 Å². The summed E-state index contributed by atoms with van der Waals surface area (Å²) in [5, 5.41) is 0. The lowest BCUT2D eigenvalue weighted by molar-refractivity contribution is 0.332. The Balaban J connectivity index is 2.52. The van der Waals surface area contributed by atoms with Crippen molar-refractivity contribution in [2.24, 2.45) is 5.73 Å². The molecule has 17 heavy (non-hydrogen) atoms. The van der Waals surface area contributed by atoms with Crippen LogP contribution in [0.3, 0.4) is 0 Å². The molecule has 0 bridgehead atoms. The van der Waals surface area contributed by atoms with Gasteiger partial charge in [0, 0.05) is 12.3 Å². The Morgan fingerprint density at radius 2 is 1.94 bits per heavy atom. The minimum atomic E-state index is -2.48. The highest BCUT2D eigenvalue weighted by molar-refractivity contribution is 7.58. The van der Waals surface area contributed by atoms with E-state index in [4.69, 9.17) is 10.3 Å².